The summed E-state index contributed by atoms with van der Waals surface area (Å²) in [4.78, 5) is 2.41. The minimum atomic E-state index is -0.396. The van der Waals surface area contributed by atoms with Gasteiger partial charge in [0.15, 0.2) is 5.79 Å². The van der Waals surface area contributed by atoms with E-state index in [0.29, 0.717) is 19.3 Å². The maximum atomic E-state index is 10.4. The van der Waals surface area contributed by atoms with E-state index in [1.54, 1.807) is 0 Å². The SMILES string of the molecule is CN(C1CCCCC1)C1CC2(CCC1O)OCCO2. The number of likely N-dealkylation sites (N-methyl/N-ethyl adjacent to an activating group) is 1. The summed E-state index contributed by atoms with van der Waals surface area (Å²) in [7, 11) is 2.18. The lowest BCUT2D eigenvalue weighted by Crippen LogP contribution is -2.55. The molecule has 0 amide bonds. The van der Waals surface area contributed by atoms with Crippen LogP contribution < -0.4 is 0 Å². The van der Waals surface area contributed by atoms with Crippen molar-refractivity contribution >= 4 is 0 Å². The van der Waals surface area contributed by atoms with E-state index in [-0.39, 0.29) is 12.1 Å². The van der Waals surface area contributed by atoms with Crippen molar-refractivity contribution in [1.82, 2.24) is 4.90 Å². The third-order valence-corrected chi connectivity index (χ3v) is 5.27. The fourth-order valence-corrected chi connectivity index (χ4v) is 4.05. The molecule has 2 aliphatic carbocycles. The first kappa shape index (κ1) is 13.8. The van der Waals surface area contributed by atoms with E-state index in [2.05, 4.69) is 11.9 Å². The van der Waals surface area contributed by atoms with Gasteiger partial charge < -0.3 is 14.6 Å². The predicted molar refractivity (Wildman–Crippen MR) is 72.9 cm³/mol. The minimum Gasteiger partial charge on any atom is -0.391 e. The quantitative estimate of drug-likeness (QED) is 0.831. The van der Waals surface area contributed by atoms with E-state index >= 15 is 0 Å². The molecule has 0 aromatic carbocycles. The second-order valence-electron chi connectivity index (χ2n) is 6.44. The predicted octanol–water partition coefficient (Wildman–Crippen LogP) is 1.91. The second kappa shape index (κ2) is 5.68. The largest absolute Gasteiger partial charge is 0.391 e. The molecule has 19 heavy (non-hydrogen) atoms. The maximum absolute atomic E-state index is 10.4. The van der Waals surface area contributed by atoms with Crippen LogP contribution >= 0.6 is 0 Å². The molecule has 0 radical (unpaired) electrons. The number of aliphatic hydroxyl groups is 1. The van der Waals surface area contributed by atoms with Crippen LogP contribution in [0.25, 0.3) is 0 Å². The molecule has 0 bridgehead atoms. The Morgan fingerprint density at radius 1 is 1.05 bits per heavy atom. The normalized spacial score (nSPS) is 36.2. The number of rotatable bonds is 2. The first-order valence-electron chi connectivity index (χ1n) is 7.88. The zero-order valence-electron chi connectivity index (χ0n) is 12.0. The van der Waals surface area contributed by atoms with Gasteiger partial charge in [-0.15, -0.1) is 0 Å². The molecule has 3 aliphatic rings. The van der Waals surface area contributed by atoms with E-state index < -0.39 is 5.79 Å². The fourth-order valence-electron chi connectivity index (χ4n) is 4.05. The molecule has 110 valence electrons. The van der Waals surface area contributed by atoms with E-state index in [0.717, 1.165) is 19.3 Å². The number of hydrogen-bond donors (Lipinski definition) is 1. The lowest BCUT2D eigenvalue weighted by Gasteiger charge is -2.46. The molecular formula is C15H27NO3. The van der Waals surface area contributed by atoms with E-state index in [1.165, 1.54) is 32.1 Å². The summed E-state index contributed by atoms with van der Waals surface area (Å²) < 4.78 is 11.7. The fraction of sp³-hybridized carbons (Fsp3) is 1.00. The van der Waals surface area contributed by atoms with Crippen LogP contribution in [0.15, 0.2) is 0 Å². The van der Waals surface area contributed by atoms with Gasteiger partial charge in [0.2, 0.25) is 0 Å². The Balaban J connectivity index is 1.66. The lowest BCUT2D eigenvalue weighted by atomic mass is 9.84. The van der Waals surface area contributed by atoms with Gasteiger partial charge in [0.05, 0.1) is 19.3 Å². The number of hydrogen-bond acceptors (Lipinski definition) is 4. The zero-order valence-corrected chi connectivity index (χ0v) is 12.0. The third kappa shape index (κ3) is 2.82. The van der Waals surface area contributed by atoms with Gasteiger partial charge in [-0.1, -0.05) is 19.3 Å². The van der Waals surface area contributed by atoms with Crippen molar-refractivity contribution in [2.45, 2.75) is 75.3 Å². The van der Waals surface area contributed by atoms with Crippen LogP contribution in [0.2, 0.25) is 0 Å². The molecular weight excluding hydrogens is 242 g/mol. The first-order chi connectivity index (χ1) is 9.20. The van der Waals surface area contributed by atoms with Crippen molar-refractivity contribution in [3.8, 4) is 0 Å². The van der Waals surface area contributed by atoms with Gasteiger partial charge in [0, 0.05) is 24.9 Å². The van der Waals surface area contributed by atoms with Crippen LogP contribution in [0.4, 0.5) is 0 Å². The molecule has 2 atom stereocenters. The van der Waals surface area contributed by atoms with Crippen molar-refractivity contribution in [1.29, 1.82) is 0 Å². The molecule has 3 fully saturated rings. The molecule has 1 N–H and O–H groups in total. The first-order valence-corrected chi connectivity index (χ1v) is 7.88. The molecule has 1 aliphatic heterocycles. The Kier molecular flexibility index (Phi) is 4.13. The summed E-state index contributed by atoms with van der Waals surface area (Å²) in [5, 5.41) is 10.4. The van der Waals surface area contributed by atoms with E-state index in [9.17, 15) is 5.11 Å². The smallest absolute Gasteiger partial charge is 0.170 e. The molecule has 3 rings (SSSR count). The molecule has 2 unspecified atom stereocenters. The summed E-state index contributed by atoms with van der Waals surface area (Å²) in [6.45, 7) is 1.41. The molecule has 0 aromatic rings. The van der Waals surface area contributed by atoms with Crippen LogP contribution in [-0.4, -0.2) is 54.2 Å². The van der Waals surface area contributed by atoms with Crippen molar-refractivity contribution in [2.24, 2.45) is 0 Å². The molecule has 1 saturated heterocycles. The highest BCUT2D eigenvalue weighted by Crippen LogP contribution is 2.39. The van der Waals surface area contributed by atoms with Gasteiger partial charge >= 0.3 is 0 Å². The topological polar surface area (TPSA) is 41.9 Å². The number of ether oxygens (including phenoxy) is 2. The second-order valence-corrected chi connectivity index (χ2v) is 6.44. The molecule has 1 heterocycles. The molecule has 1 spiro atoms. The Hall–Kier alpha value is -0.160. The highest BCUT2D eigenvalue weighted by Gasteiger charge is 2.46. The van der Waals surface area contributed by atoms with E-state index in [4.69, 9.17) is 9.47 Å². The third-order valence-electron chi connectivity index (χ3n) is 5.27. The van der Waals surface area contributed by atoms with Gasteiger partial charge in [0.25, 0.3) is 0 Å². The van der Waals surface area contributed by atoms with Gasteiger partial charge in [-0.2, -0.15) is 0 Å². The Labute approximate surface area is 116 Å². The van der Waals surface area contributed by atoms with Crippen molar-refractivity contribution in [2.75, 3.05) is 20.3 Å². The lowest BCUT2D eigenvalue weighted by molar-refractivity contribution is -0.206. The zero-order chi connectivity index (χ0) is 13.3. The summed E-state index contributed by atoms with van der Waals surface area (Å²) in [5.74, 6) is -0.396. The van der Waals surface area contributed by atoms with Crippen molar-refractivity contribution < 1.29 is 14.6 Å². The summed E-state index contributed by atoms with van der Waals surface area (Å²) in [5.41, 5.74) is 0. The molecule has 4 nitrogen and oxygen atoms in total. The summed E-state index contributed by atoms with van der Waals surface area (Å²) >= 11 is 0. The van der Waals surface area contributed by atoms with Crippen molar-refractivity contribution in [3.63, 3.8) is 0 Å². The monoisotopic (exact) mass is 269 g/mol. The van der Waals surface area contributed by atoms with Crippen LogP contribution in [0, 0.1) is 0 Å². The minimum absolute atomic E-state index is 0.190. The van der Waals surface area contributed by atoms with Gasteiger partial charge in [0.1, 0.15) is 0 Å². The highest BCUT2D eigenvalue weighted by atomic mass is 16.7. The van der Waals surface area contributed by atoms with Gasteiger partial charge in [-0.3, -0.25) is 4.90 Å². The van der Waals surface area contributed by atoms with Gasteiger partial charge in [-0.25, -0.2) is 0 Å². The standard InChI is InChI=1S/C15H27NO3/c1-16(12-5-3-2-4-6-12)13-11-15(8-7-14(13)17)18-9-10-19-15/h12-14,17H,2-11H2,1H3. The Morgan fingerprint density at radius 2 is 1.74 bits per heavy atom. The van der Waals surface area contributed by atoms with Crippen molar-refractivity contribution in [3.05, 3.63) is 0 Å². The number of aliphatic hydroxyl groups excluding tert-OH is 1. The summed E-state index contributed by atoms with van der Waals surface area (Å²) in [6.07, 6.45) is 8.79. The number of nitrogens with zero attached hydrogens (tertiary/aromatic N) is 1. The van der Waals surface area contributed by atoms with Crippen LogP contribution in [-0.2, 0) is 9.47 Å². The maximum Gasteiger partial charge on any atom is 0.170 e. The molecule has 4 heteroatoms. The summed E-state index contributed by atoms with van der Waals surface area (Å²) in [6, 6.07) is 0.819. The average molecular weight is 269 g/mol. The Bertz CT molecular complexity index is 298. The van der Waals surface area contributed by atoms with Crippen LogP contribution in [0.3, 0.4) is 0 Å². The molecule has 2 saturated carbocycles. The molecule has 0 aromatic heterocycles. The van der Waals surface area contributed by atoms with Gasteiger partial charge in [-0.05, 0) is 26.3 Å². The Morgan fingerprint density at radius 3 is 2.42 bits per heavy atom. The van der Waals surface area contributed by atoms with E-state index in [1.807, 2.05) is 0 Å². The van der Waals surface area contributed by atoms with Crippen LogP contribution in [0.5, 0.6) is 0 Å². The van der Waals surface area contributed by atoms with Crippen LogP contribution in [0.1, 0.15) is 51.4 Å². The average Bonchev–Trinajstić information content (AvgIpc) is 2.90. The highest BCUT2D eigenvalue weighted by molar-refractivity contribution is 4.94.